The number of benzene rings is 1. The zero-order valence-electron chi connectivity index (χ0n) is 16.0. The van der Waals surface area contributed by atoms with Crippen molar-refractivity contribution in [3.05, 3.63) is 76.2 Å². The quantitative estimate of drug-likeness (QED) is 0.660. The first kappa shape index (κ1) is 18.5. The van der Waals surface area contributed by atoms with Gasteiger partial charge in [-0.1, -0.05) is 18.2 Å². The summed E-state index contributed by atoms with van der Waals surface area (Å²) in [6.07, 6.45) is 1.22. The van der Waals surface area contributed by atoms with Crippen LogP contribution in [0.15, 0.2) is 60.8 Å². The fourth-order valence-corrected chi connectivity index (χ4v) is 4.31. The minimum Gasteiger partial charge on any atom is -0.477 e. The summed E-state index contributed by atoms with van der Waals surface area (Å²) in [5, 5.41) is 0. The van der Waals surface area contributed by atoms with Gasteiger partial charge < -0.3 is 14.5 Å². The van der Waals surface area contributed by atoms with E-state index in [2.05, 4.69) is 28.9 Å². The van der Waals surface area contributed by atoms with Crippen LogP contribution in [0.1, 0.15) is 15.4 Å². The number of hydrogen-bond acceptors (Lipinski definition) is 5. The summed E-state index contributed by atoms with van der Waals surface area (Å²) in [4.78, 5) is 24.1. The van der Waals surface area contributed by atoms with Gasteiger partial charge in [0.1, 0.15) is 5.75 Å². The molecule has 2 aromatic heterocycles. The molecular formula is C22H23N3O2S. The highest BCUT2D eigenvalue weighted by atomic mass is 32.1. The Morgan fingerprint density at radius 3 is 2.75 bits per heavy atom. The van der Waals surface area contributed by atoms with Crippen molar-refractivity contribution in [1.29, 1.82) is 0 Å². The van der Waals surface area contributed by atoms with Gasteiger partial charge in [0.25, 0.3) is 5.91 Å². The molecule has 28 heavy (non-hydrogen) atoms. The topological polar surface area (TPSA) is 45.7 Å². The molecule has 0 fully saturated rings. The Morgan fingerprint density at radius 1 is 1.18 bits per heavy atom. The molecule has 0 unspecified atom stereocenters. The third-order valence-electron chi connectivity index (χ3n) is 4.79. The molecular weight excluding hydrogens is 370 g/mol. The summed E-state index contributed by atoms with van der Waals surface area (Å²) in [5.74, 6) is 0.734. The van der Waals surface area contributed by atoms with Crippen LogP contribution in [0.5, 0.6) is 5.75 Å². The number of fused-ring (bicyclic) bond motifs is 1. The number of aromatic nitrogens is 1. The monoisotopic (exact) mass is 393 g/mol. The van der Waals surface area contributed by atoms with Crippen molar-refractivity contribution in [1.82, 2.24) is 9.88 Å². The van der Waals surface area contributed by atoms with E-state index in [4.69, 9.17) is 4.74 Å². The fraction of sp³-hybridized carbons (Fsp3) is 0.273. The van der Waals surface area contributed by atoms with Crippen LogP contribution in [0.25, 0.3) is 0 Å². The number of pyridine rings is 1. The number of amides is 1. The van der Waals surface area contributed by atoms with E-state index in [0.717, 1.165) is 22.0 Å². The number of aryl methyl sites for hydroxylation is 1. The Kier molecular flexibility index (Phi) is 5.30. The van der Waals surface area contributed by atoms with Crippen LogP contribution in [0.3, 0.4) is 0 Å². The smallest absolute Gasteiger partial charge is 0.266 e. The number of para-hydroxylation sites is 2. The van der Waals surface area contributed by atoms with Crippen LogP contribution in [0.4, 0.5) is 5.69 Å². The third-order valence-corrected chi connectivity index (χ3v) is 5.78. The second-order valence-corrected chi connectivity index (χ2v) is 8.35. The van der Waals surface area contributed by atoms with E-state index in [-0.39, 0.29) is 5.91 Å². The van der Waals surface area contributed by atoms with Crippen LogP contribution < -0.4 is 9.64 Å². The maximum absolute atomic E-state index is 13.4. The summed E-state index contributed by atoms with van der Waals surface area (Å²) in [5.41, 5.74) is 1.88. The van der Waals surface area contributed by atoms with E-state index in [1.54, 1.807) is 17.5 Å². The second kappa shape index (κ2) is 8.02. The minimum absolute atomic E-state index is 0.0157. The number of thiophene rings is 1. The van der Waals surface area contributed by atoms with Gasteiger partial charge in [0.2, 0.25) is 0 Å². The number of likely N-dealkylation sites (N-methyl/N-ethyl adjacent to an activating group) is 1. The maximum atomic E-state index is 13.4. The van der Waals surface area contributed by atoms with Crippen molar-refractivity contribution in [2.45, 2.75) is 26.1 Å². The number of carbonyl (C=O) groups excluding carboxylic acids is 1. The minimum atomic E-state index is -0.537. The van der Waals surface area contributed by atoms with Gasteiger partial charge in [-0.3, -0.25) is 9.78 Å². The van der Waals surface area contributed by atoms with Gasteiger partial charge in [0.05, 0.1) is 31.0 Å². The normalized spacial score (nSPS) is 15.6. The molecule has 3 heterocycles. The van der Waals surface area contributed by atoms with E-state index in [1.165, 1.54) is 4.88 Å². The molecule has 0 saturated heterocycles. The highest BCUT2D eigenvalue weighted by molar-refractivity contribution is 7.11. The van der Waals surface area contributed by atoms with E-state index < -0.39 is 6.10 Å². The van der Waals surface area contributed by atoms with Crippen LogP contribution in [0.2, 0.25) is 0 Å². The highest BCUT2D eigenvalue weighted by Gasteiger charge is 2.32. The second-order valence-electron chi connectivity index (χ2n) is 6.98. The number of ether oxygens (including phenoxy) is 1. The summed E-state index contributed by atoms with van der Waals surface area (Å²) in [6.45, 7) is 3.62. The third kappa shape index (κ3) is 4.02. The molecule has 0 spiro atoms. The molecule has 5 nitrogen and oxygen atoms in total. The van der Waals surface area contributed by atoms with Crippen molar-refractivity contribution < 1.29 is 9.53 Å². The molecule has 1 atom stereocenters. The zero-order valence-corrected chi connectivity index (χ0v) is 16.9. The number of anilines is 1. The first-order valence-electron chi connectivity index (χ1n) is 9.31. The number of hydrogen-bond donors (Lipinski definition) is 0. The van der Waals surface area contributed by atoms with Gasteiger partial charge in [-0.15, -0.1) is 11.3 Å². The van der Waals surface area contributed by atoms with Crippen LogP contribution in [-0.4, -0.2) is 35.5 Å². The number of carbonyl (C=O) groups is 1. The average molecular weight is 394 g/mol. The largest absolute Gasteiger partial charge is 0.477 e. The van der Waals surface area contributed by atoms with E-state index in [0.29, 0.717) is 19.6 Å². The van der Waals surface area contributed by atoms with Gasteiger partial charge in [-0.05, 0) is 43.3 Å². The van der Waals surface area contributed by atoms with E-state index in [1.807, 2.05) is 54.4 Å². The molecule has 0 aliphatic carbocycles. The molecule has 144 valence electrons. The summed E-state index contributed by atoms with van der Waals surface area (Å²) >= 11 is 1.71. The summed E-state index contributed by atoms with van der Waals surface area (Å²) < 4.78 is 6.08. The SMILES string of the molecule is Cc1ccc(CN(Cc2ccccn2)C(=O)[C@@H]2CN(C)c3ccccc3O2)s1. The van der Waals surface area contributed by atoms with E-state index in [9.17, 15) is 4.79 Å². The molecule has 1 aliphatic heterocycles. The van der Waals surface area contributed by atoms with Crippen molar-refractivity contribution in [2.75, 3.05) is 18.5 Å². The Hall–Kier alpha value is -2.86. The lowest BCUT2D eigenvalue weighted by molar-refractivity contribution is -0.140. The van der Waals surface area contributed by atoms with Gasteiger partial charge in [0.15, 0.2) is 6.10 Å². The predicted molar refractivity (Wildman–Crippen MR) is 112 cm³/mol. The van der Waals surface area contributed by atoms with Gasteiger partial charge in [0, 0.05) is 23.0 Å². The molecule has 3 aromatic rings. The van der Waals surface area contributed by atoms with Gasteiger partial charge in [-0.25, -0.2) is 0 Å². The molecule has 1 aliphatic rings. The van der Waals surface area contributed by atoms with Crippen molar-refractivity contribution >= 4 is 22.9 Å². The zero-order chi connectivity index (χ0) is 19.5. The molecule has 0 saturated carbocycles. The van der Waals surface area contributed by atoms with Gasteiger partial charge in [-0.2, -0.15) is 0 Å². The van der Waals surface area contributed by atoms with Gasteiger partial charge >= 0.3 is 0 Å². The molecule has 0 bridgehead atoms. The van der Waals surface area contributed by atoms with Crippen LogP contribution in [0, 0.1) is 6.92 Å². The maximum Gasteiger partial charge on any atom is 0.266 e. The van der Waals surface area contributed by atoms with Crippen molar-refractivity contribution in [2.24, 2.45) is 0 Å². The lowest BCUT2D eigenvalue weighted by Gasteiger charge is -2.35. The number of rotatable bonds is 5. The highest BCUT2D eigenvalue weighted by Crippen LogP contribution is 2.32. The molecule has 4 rings (SSSR count). The first-order chi connectivity index (χ1) is 13.6. The standard InChI is InChI=1S/C22H23N3O2S/c1-16-10-11-18(28-16)14-25(13-17-7-5-6-12-23-17)22(26)21-15-24(2)19-8-3-4-9-20(19)27-21/h3-12,21H,13-15H2,1-2H3/t21-/m0/s1. The summed E-state index contributed by atoms with van der Waals surface area (Å²) in [7, 11) is 1.99. The molecule has 1 amide bonds. The Bertz CT molecular complexity index is 957. The lowest BCUT2D eigenvalue weighted by atomic mass is 10.1. The van der Waals surface area contributed by atoms with Crippen LogP contribution in [-0.2, 0) is 17.9 Å². The molecule has 0 radical (unpaired) electrons. The van der Waals surface area contributed by atoms with Crippen molar-refractivity contribution in [3.8, 4) is 5.75 Å². The Morgan fingerprint density at radius 2 is 2.00 bits per heavy atom. The molecule has 1 aromatic carbocycles. The number of nitrogens with zero attached hydrogens (tertiary/aromatic N) is 3. The molecule has 6 heteroatoms. The molecule has 0 N–H and O–H groups in total. The van der Waals surface area contributed by atoms with Crippen LogP contribution >= 0.6 is 11.3 Å². The summed E-state index contributed by atoms with van der Waals surface area (Å²) in [6, 6.07) is 17.8. The average Bonchev–Trinajstić information content (AvgIpc) is 3.12. The Labute approximate surface area is 169 Å². The lowest BCUT2D eigenvalue weighted by Crippen LogP contribution is -2.49. The fourth-order valence-electron chi connectivity index (χ4n) is 3.40. The first-order valence-corrected chi connectivity index (χ1v) is 10.1. The predicted octanol–water partition coefficient (Wildman–Crippen LogP) is 3.88. The Balaban J connectivity index is 1.57. The van der Waals surface area contributed by atoms with Crippen molar-refractivity contribution in [3.63, 3.8) is 0 Å². The van der Waals surface area contributed by atoms with E-state index >= 15 is 0 Å².